The van der Waals surface area contributed by atoms with E-state index in [1.54, 1.807) is 0 Å². The molecule has 19 heavy (non-hydrogen) atoms. The molecule has 1 aromatic carbocycles. The number of aromatic nitrogens is 3. The molecule has 2 aromatic heterocycles. The van der Waals surface area contributed by atoms with Crippen molar-refractivity contribution in [3.8, 4) is 0 Å². The van der Waals surface area contributed by atoms with Crippen LogP contribution in [0.4, 0.5) is 0 Å². The van der Waals surface area contributed by atoms with Gasteiger partial charge in [-0.15, -0.1) is 0 Å². The first-order valence-electron chi connectivity index (χ1n) is 5.51. The first-order chi connectivity index (χ1) is 9.20. The SMILES string of the molecule is O=c1cc(CSc2nc3ccccc3o2)[nH]c(=O)[nH]1. The van der Waals surface area contributed by atoms with Crippen molar-refractivity contribution in [1.82, 2.24) is 15.0 Å². The number of thioether (sulfide) groups is 1. The average Bonchev–Trinajstić information content (AvgIpc) is 2.78. The highest BCUT2D eigenvalue weighted by Crippen LogP contribution is 2.24. The molecular formula is C12H9N3O3S. The number of H-pyrrole nitrogens is 2. The second-order valence-corrected chi connectivity index (χ2v) is 4.78. The minimum Gasteiger partial charge on any atom is -0.431 e. The first kappa shape index (κ1) is 11.8. The third-order valence-corrected chi connectivity index (χ3v) is 3.32. The van der Waals surface area contributed by atoms with Gasteiger partial charge in [0, 0.05) is 17.5 Å². The number of nitrogens with zero attached hydrogens (tertiary/aromatic N) is 1. The Labute approximate surface area is 110 Å². The normalized spacial score (nSPS) is 10.9. The summed E-state index contributed by atoms with van der Waals surface area (Å²) in [6.07, 6.45) is 0. The summed E-state index contributed by atoms with van der Waals surface area (Å²) >= 11 is 1.32. The Morgan fingerprint density at radius 1 is 1.21 bits per heavy atom. The predicted octanol–water partition coefficient (Wildman–Crippen LogP) is 1.50. The second kappa shape index (κ2) is 4.77. The van der Waals surface area contributed by atoms with Gasteiger partial charge in [0.25, 0.3) is 10.8 Å². The molecule has 3 rings (SSSR count). The van der Waals surface area contributed by atoms with E-state index in [1.165, 1.54) is 17.8 Å². The fourth-order valence-electron chi connectivity index (χ4n) is 1.65. The van der Waals surface area contributed by atoms with Gasteiger partial charge in [-0.05, 0) is 12.1 Å². The molecule has 0 radical (unpaired) electrons. The van der Waals surface area contributed by atoms with Crippen LogP contribution in [-0.2, 0) is 5.75 Å². The minimum atomic E-state index is -0.513. The number of benzene rings is 1. The van der Waals surface area contributed by atoms with E-state index in [0.29, 0.717) is 22.3 Å². The second-order valence-electron chi connectivity index (χ2n) is 3.85. The zero-order chi connectivity index (χ0) is 13.2. The first-order valence-corrected chi connectivity index (χ1v) is 6.50. The molecule has 0 fully saturated rings. The van der Waals surface area contributed by atoms with Crippen LogP contribution in [-0.4, -0.2) is 15.0 Å². The molecule has 96 valence electrons. The van der Waals surface area contributed by atoms with Crippen LogP contribution in [0.5, 0.6) is 0 Å². The highest BCUT2D eigenvalue weighted by atomic mass is 32.2. The molecule has 6 nitrogen and oxygen atoms in total. The quantitative estimate of drug-likeness (QED) is 0.707. The van der Waals surface area contributed by atoms with Crippen LogP contribution in [0, 0.1) is 0 Å². The highest BCUT2D eigenvalue weighted by Gasteiger charge is 2.06. The summed E-state index contributed by atoms with van der Waals surface area (Å²) in [5, 5.41) is 0.502. The molecule has 0 amide bonds. The van der Waals surface area contributed by atoms with Crippen molar-refractivity contribution in [3.63, 3.8) is 0 Å². The van der Waals surface area contributed by atoms with Crippen molar-refractivity contribution in [1.29, 1.82) is 0 Å². The molecule has 0 bridgehead atoms. The van der Waals surface area contributed by atoms with E-state index in [0.717, 1.165) is 5.52 Å². The molecule has 2 N–H and O–H groups in total. The lowest BCUT2D eigenvalue weighted by molar-refractivity contribution is 0.489. The molecule has 0 aliphatic carbocycles. The molecule has 0 unspecified atom stereocenters. The molecule has 0 aliphatic rings. The van der Waals surface area contributed by atoms with Crippen LogP contribution in [0.15, 0.2) is 49.6 Å². The van der Waals surface area contributed by atoms with Gasteiger partial charge in [-0.1, -0.05) is 23.9 Å². The highest BCUT2D eigenvalue weighted by molar-refractivity contribution is 7.98. The zero-order valence-corrected chi connectivity index (χ0v) is 10.5. The van der Waals surface area contributed by atoms with Crippen molar-refractivity contribution in [3.05, 3.63) is 56.9 Å². The molecule has 0 aliphatic heterocycles. The monoisotopic (exact) mass is 275 g/mol. The molecule has 0 saturated heterocycles. The van der Waals surface area contributed by atoms with Gasteiger partial charge in [0.15, 0.2) is 5.58 Å². The Bertz CT molecular complexity index is 772. The molecular weight excluding hydrogens is 266 g/mol. The summed E-state index contributed by atoms with van der Waals surface area (Å²) in [5.74, 6) is 0.409. The maximum absolute atomic E-state index is 11.1. The summed E-state index contributed by atoms with van der Waals surface area (Å²) in [6, 6.07) is 8.79. The van der Waals surface area contributed by atoms with Gasteiger partial charge in [-0.2, -0.15) is 0 Å². The summed E-state index contributed by atoms with van der Waals surface area (Å²) in [5.41, 5.74) is 1.09. The van der Waals surface area contributed by atoms with Crippen molar-refractivity contribution >= 4 is 22.9 Å². The standard InChI is InChI=1S/C12H9N3O3S/c16-10-5-7(13-11(17)15-10)6-19-12-14-8-3-1-2-4-9(8)18-12/h1-5H,6H2,(H2,13,15,16,17). The number of aromatic amines is 2. The largest absolute Gasteiger partial charge is 0.431 e. The smallest absolute Gasteiger partial charge is 0.325 e. The van der Waals surface area contributed by atoms with Crippen LogP contribution >= 0.6 is 11.8 Å². The van der Waals surface area contributed by atoms with Crippen molar-refractivity contribution in [2.75, 3.05) is 0 Å². The fourth-order valence-corrected chi connectivity index (χ4v) is 2.40. The van der Waals surface area contributed by atoms with E-state index >= 15 is 0 Å². The lowest BCUT2D eigenvalue weighted by Gasteiger charge is -1.96. The Balaban J connectivity index is 1.82. The van der Waals surface area contributed by atoms with E-state index in [1.807, 2.05) is 24.3 Å². The molecule has 7 heteroatoms. The van der Waals surface area contributed by atoms with Gasteiger partial charge in [0.1, 0.15) is 5.52 Å². The summed E-state index contributed by atoms with van der Waals surface area (Å²) in [4.78, 5) is 31.2. The molecule has 0 saturated carbocycles. The number of oxazole rings is 1. The summed E-state index contributed by atoms with van der Waals surface area (Å²) in [6.45, 7) is 0. The number of fused-ring (bicyclic) bond motifs is 1. The van der Waals surface area contributed by atoms with Crippen LogP contribution in [0.2, 0.25) is 0 Å². The van der Waals surface area contributed by atoms with E-state index < -0.39 is 11.2 Å². The zero-order valence-electron chi connectivity index (χ0n) is 9.67. The van der Waals surface area contributed by atoms with Crippen molar-refractivity contribution in [2.45, 2.75) is 11.0 Å². The lowest BCUT2D eigenvalue weighted by atomic mass is 10.3. The Morgan fingerprint density at radius 2 is 2.05 bits per heavy atom. The number of nitrogens with one attached hydrogen (secondary N) is 2. The van der Waals surface area contributed by atoms with E-state index in [2.05, 4.69) is 15.0 Å². The maximum atomic E-state index is 11.1. The number of hydrogen-bond acceptors (Lipinski definition) is 5. The number of rotatable bonds is 3. The molecule has 2 heterocycles. The summed E-state index contributed by atoms with van der Waals surface area (Å²) in [7, 11) is 0. The number of hydrogen-bond donors (Lipinski definition) is 2. The third-order valence-electron chi connectivity index (χ3n) is 2.44. The third kappa shape index (κ3) is 2.60. The van der Waals surface area contributed by atoms with E-state index in [-0.39, 0.29) is 0 Å². The Hall–Kier alpha value is -2.28. The van der Waals surface area contributed by atoms with Crippen LogP contribution in [0.1, 0.15) is 5.69 Å². The van der Waals surface area contributed by atoms with Gasteiger partial charge in [0.05, 0.1) is 0 Å². The Kier molecular flexibility index (Phi) is 2.96. The van der Waals surface area contributed by atoms with E-state index in [9.17, 15) is 9.59 Å². The van der Waals surface area contributed by atoms with Crippen molar-refractivity contribution < 1.29 is 4.42 Å². The van der Waals surface area contributed by atoms with Gasteiger partial charge in [-0.25, -0.2) is 9.78 Å². The minimum absolute atomic E-state index is 0.409. The van der Waals surface area contributed by atoms with Gasteiger partial charge in [0.2, 0.25) is 0 Å². The van der Waals surface area contributed by atoms with Gasteiger partial charge >= 0.3 is 5.69 Å². The van der Waals surface area contributed by atoms with Gasteiger partial charge < -0.3 is 9.40 Å². The van der Waals surface area contributed by atoms with E-state index in [4.69, 9.17) is 4.42 Å². The average molecular weight is 275 g/mol. The van der Waals surface area contributed by atoms with Crippen LogP contribution < -0.4 is 11.2 Å². The van der Waals surface area contributed by atoms with Crippen LogP contribution in [0.3, 0.4) is 0 Å². The molecule has 3 aromatic rings. The maximum Gasteiger partial charge on any atom is 0.325 e. The summed E-state index contributed by atoms with van der Waals surface area (Å²) < 4.78 is 5.52. The van der Waals surface area contributed by atoms with Crippen molar-refractivity contribution in [2.24, 2.45) is 0 Å². The fraction of sp³-hybridized carbons (Fsp3) is 0.0833. The van der Waals surface area contributed by atoms with Crippen LogP contribution in [0.25, 0.3) is 11.1 Å². The van der Waals surface area contributed by atoms with Gasteiger partial charge in [-0.3, -0.25) is 9.78 Å². The number of para-hydroxylation sites is 2. The molecule has 0 atom stereocenters. The lowest BCUT2D eigenvalue weighted by Crippen LogP contribution is -2.22. The Morgan fingerprint density at radius 3 is 2.84 bits per heavy atom. The molecule has 0 spiro atoms. The topological polar surface area (TPSA) is 91.8 Å². The predicted molar refractivity (Wildman–Crippen MR) is 71.3 cm³/mol.